The van der Waals surface area contributed by atoms with Gasteiger partial charge in [0.15, 0.2) is 0 Å². The Bertz CT molecular complexity index is 239. The molecule has 3 heteroatoms. The molecule has 0 radical (unpaired) electrons. The number of allylic oxidation sites excluding steroid dienone is 3. The Balaban J connectivity index is 2.09. The Labute approximate surface area is 78.8 Å². The summed E-state index contributed by atoms with van der Waals surface area (Å²) >= 11 is 0. The molecule has 0 saturated carbocycles. The van der Waals surface area contributed by atoms with Crippen molar-refractivity contribution in [3.8, 4) is 0 Å². The first-order chi connectivity index (χ1) is 6.38. The van der Waals surface area contributed by atoms with Gasteiger partial charge in [-0.3, -0.25) is 0 Å². The Morgan fingerprint density at radius 2 is 2.08 bits per heavy atom. The van der Waals surface area contributed by atoms with Gasteiger partial charge in [-0.2, -0.15) is 0 Å². The lowest BCUT2D eigenvalue weighted by molar-refractivity contribution is 0.0546. The molecule has 72 valence electrons. The fourth-order valence-corrected chi connectivity index (χ4v) is 1.78. The molecule has 1 aliphatic carbocycles. The van der Waals surface area contributed by atoms with Crippen LogP contribution in [0.15, 0.2) is 23.5 Å². The standard InChI is InChI=1S/C10H16N2O/c11-9-3-1-2-4-10(9)12-5-7-13-8-6-12/h2,4H,1,3,5-8,11H2. The van der Waals surface area contributed by atoms with E-state index < -0.39 is 0 Å². The van der Waals surface area contributed by atoms with Crippen LogP contribution < -0.4 is 5.73 Å². The molecule has 1 fully saturated rings. The molecule has 0 unspecified atom stereocenters. The van der Waals surface area contributed by atoms with Crippen LogP contribution in [0.2, 0.25) is 0 Å². The van der Waals surface area contributed by atoms with Crippen molar-refractivity contribution in [3.05, 3.63) is 23.5 Å². The van der Waals surface area contributed by atoms with Gasteiger partial charge in [-0.05, 0) is 18.9 Å². The van der Waals surface area contributed by atoms with Crippen molar-refractivity contribution in [1.29, 1.82) is 0 Å². The number of hydrogen-bond acceptors (Lipinski definition) is 3. The second kappa shape index (κ2) is 3.83. The Morgan fingerprint density at radius 1 is 1.31 bits per heavy atom. The van der Waals surface area contributed by atoms with Crippen LogP contribution in [0, 0.1) is 0 Å². The first-order valence-electron chi connectivity index (χ1n) is 4.86. The van der Waals surface area contributed by atoms with Crippen molar-refractivity contribution in [2.24, 2.45) is 5.73 Å². The largest absolute Gasteiger partial charge is 0.400 e. The average Bonchev–Trinajstić information content (AvgIpc) is 2.20. The second-order valence-corrected chi connectivity index (χ2v) is 3.45. The number of ether oxygens (including phenoxy) is 1. The molecule has 0 aromatic rings. The van der Waals surface area contributed by atoms with E-state index in [1.807, 2.05) is 0 Å². The predicted molar refractivity (Wildman–Crippen MR) is 52.0 cm³/mol. The number of rotatable bonds is 1. The van der Waals surface area contributed by atoms with Crippen molar-refractivity contribution in [3.63, 3.8) is 0 Å². The number of nitrogens with zero attached hydrogens (tertiary/aromatic N) is 1. The normalized spacial score (nSPS) is 23.8. The van der Waals surface area contributed by atoms with Gasteiger partial charge in [-0.15, -0.1) is 0 Å². The third-order valence-electron chi connectivity index (χ3n) is 2.54. The molecule has 0 spiro atoms. The maximum Gasteiger partial charge on any atom is 0.0642 e. The molecule has 0 atom stereocenters. The van der Waals surface area contributed by atoms with E-state index in [0.29, 0.717) is 0 Å². The monoisotopic (exact) mass is 180 g/mol. The molecule has 2 N–H and O–H groups in total. The Kier molecular flexibility index (Phi) is 2.54. The summed E-state index contributed by atoms with van der Waals surface area (Å²) < 4.78 is 5.30. The predicted octanol–water partition coefficient (Wildman–Crippen LogP) is 0.839. The van der Waals surface area contributed by atoms with Crippen molar-refractivity contribution < 1.29 is 4.74 Å². The van der Waals surface area contributed by atoms with Crippen LogP contribution in [0.4, 0.5) is 0 Å². The summed E-state index contributed by atoms with van der Waals surface area (Å²) in [6, 6.07) is 0. The smallest absolute Gasteiger partial charge is 0.0642 e. The van der Waals surface area contributed by atoms with E-state index in [9.17, 15) is 0 Å². The van der Waals surface area contributed by atoms with E-state index in [4.69, 9.17) is 10.5 Å². The summed E-state index contributed by atoms with van der Waals surface area (Å²) in [5.41, 5.74) is 8.20. The van der Waals surface area contributed by atoms with E-state index in [0.717, 1.165) is 44.8 Å². The molecule has 3 nitrogen and oxygen atoms in total. The molecule has 2 aliphatic rings. The fraction of sp³-hybridized carbons (Fsp3) is 0.600. The van der Waals surface area contributed by atoms with E-state index in [2.05, 4.69) is 17.1 Å². The van der Waals surface area contributed by atoms with E-state index in [1.165, 1.54) is 5.70 Å². The highest BCUT2D eigenvalue weighted by molar-refractivity contribution is 5.26. The average molecular weight is 180 g/mol. The summed E-state index contributed by atoms with van der Waals surface area (Å²) in [7, 11) is 0. The fourth-order valence-electron chi connectivity index (χ4n) is 1.78. The van der Waals surface area contributed by atoms with Crippen LogP contribution in [0.3, 0.4) is 0 Å². The van der Waals surface area contributed by atoms with Crippen LogP contribution in [-0.2, 0) is 4.74 Å². The van der Waals surface area contributed by atoms with Gasteiger partial charge in [0.2, 0.25) is 0 Å². The summed E-state index contributed by atoms with van der Waals surface area (Å²) in [6.45, 7) is 3.59. The minimum Gasteiger partial charge on any atom is -0.400 e. The molecular formula is C10H16N2O. The minimum absolute atomic E-state index is 0.824. The molecule has 13 heavy (non-hydrogen) atoms. The third-order valence-corrected chi connectivity index (χ3v) is 2.54. The van der Waals surface area contributed by atoms with Crippen LogP contribution in [0.5, 0.6) is 0 Å². The zero-order valence-electron chi connectivity index (χ0n) is 7.83. The van der Waals surface area contributed by atoms with Gasteiger partial charge in [0, 0.05) is 18.8 Å². The van der Waals surface area contributed by atoms with Gasteiger partial charge < -0.3 is 15.4 Å². The Morgan fingerprint density at radius 3 is 2.77 bits per heavy atom. The van der Waals surface area contributed by atoms with E-state index >= 15 is 0 Å². The summed E-state index contributed by atoms with van der Waals surface area (Å²) in [4.78, 5) is 2.31. The lowest BCUT2D eigenvalue weighted by Gasteiger charge is -2.31. The minimum atomic E-state index is 0.824. The molecule has 2 rings (SSSR count). The van der Waals surface area contributed by atoms with Crippen LogP contribution in [0.25, 0.3) is 0 Å². The first-order valence-corrected chi connectivity index (χ1v) is 4.86. The highest BCUT2D eigenvalue weighted by Crippen LogP contribution is 2.19. The van der Waals surface area contributed by atoms with Gasteiger partial charge in [0.1, 0.15) is 0 Å². The first kappa shape index (κ1) is 8.63. The van der Waals surface area contributed by atoms with Gasteiger partial charge in [0.25, 0.3) is 0 Å². The summed E-state index contributed by atoms with van der Waals surface area (Å²) in [5.74, 6) is 0. The van der Waals surface area contributed by atoms with Gasteiger partial charge in [-0.25, -0.2) is 0 Å². The maximum absolute atomic E-state index is 5.96. The molecule has 0 amide bonds. The van der Waals surface area contributed by atoms with Crippen molar-refractivity contribution in [2.75, 3.05) is 26.3 Å². The highest BCUT2D eigenvalue weighted by Gasteiger charge is 2.15. The quantitative estimate of drug-likeness (QED) is 0.650. The van der Waals surface area contributed by atoms with Gasteiger partial charge in [-0.1, -0.05) is 6.08 Å². The molecule has 1 saturated heterocycles. The number of nitrogens with two attached hydrogens (primary N) is 1. The Hall–Kier alpha value is -0.960. The zero-order valence-corrected chi connectivity index (χ0v) is 7.83. The van der Waals surface area contributed by atoms with Crippen molar-refractivity contribution in [1.82, 2.24) is 4.90 Å². The van der Waals surface area contributed by atoms with Crippen molar-refractivity contribution >= 4 is 0 Å². The van der Waals surface area contributed by atoms with E-state index in [1.54, 1.807) is 0 Å². The molecule has 0 aromatic carbocycles. The van der Waals surface area contributed by atoms with Crippen molar-refractivity contribution in [2.45, 2.75) is 12.8 Å². The molecule has 1 aliphatic heterocycles. The van der Waals surface area contributed by atoms with Gasteiger partial charge >= 0.3 is 0 Å². The van der Waals surface area contributed by atoms with Gasteiger partial charge in [0.05, 0.1) is 18.9 Å². The van der Waals surface area contributed by atoms with Crippen LogP contribution in [-0.4, -0.2) is 31.2 Å². The van der Waals surface area contributed by atoms with Crippen LogP contribution in [0.1, 0.15) is 12.8 Å². The maximum atomic E-state index is 5.96. The topological polar surface area (TPSA) is 38.5 Å². The molecule has 0 aromatic heterocycles. The molecule has 1 heterocycles. The summed E-state index contributed by atoms with van der Waals surface area (Å²) in [5, 5.41) is 0. The molecule has 0 bridgehead atoms. The lowest BCUT2D eigenvalue weighted by atomic mass is 10.1. The van der Waals surface area contributed by atoms with E-state index in [-0.39, 0.29) is 0 Å². The molecular weight excluding hydrogens is 164 g/mol. The zero-order chi connectivity index (χ0) is 9.10. The highest BCUT2D eigenvalue weighted by atomic mass is 16.5. The second-order valence-electron chi connectivity index (χ2n) is 3.45. The third kappa shape index (κ3) is 1.86. The lowest BCUT2D eigenvalue weighted by Crippen LogP contribution is -2.36. The SMILES string of the molecule is NC1=C(N2CCOCC2)C=CCC1. The number of morpholine rings is 1. The number of hydrogen-bond donors (Lipinski definition) is 1. The van der Waals surface area contributed by atoms with Crippen LogP contribution >= 0.6 is 0 Å². The summed E-state index contributed by atoms with van der Waals surface area (Å²) in [6.07, 6.45) is 6.42.